The molecule has 31 heavy (non-hydrogen) atoms. The molecule has 0 radical (unpaired) electrons. The average molecular weight is 479 g/mol. The number of para-hydroxylation sites is 1. The smallest absolute Gasteiger partial charge is 0.282 e. The number of fused-ring (bicyclic) bond motifs is 2. The molecule has 0 N–H and O–H groups in total. The summed E-state index contributed by atoms with van der Waals surface area (Å²) < 4.78 is 3.87. The second-order valence-electron chi connectivity index (χ2n) is 7.67. The van der Waals surface area contributed by atoms with Crippen LogP contribution in [0.3, 0.4) is 0 Å². The Morgan fingerprint density at radius 1 is 1.23 bits per heavy atom. The van der Waals surface area contributed by atoms with Gasteiger partial charge in [-0.1, -0.05) is 48.0 Å². The maximum atomic E-state index is 13.3. The molecule has 0 amide bonds. The molecule has 0 saturated carbocycles. The van der Waals surface area contributed by atoms with Crippen LogP contribution < -0.4 is 5.56 Å². The fourth-order valence-electron chi connectivity index (χ4n) is 3.86. The van der Waals surface area contributed by atoms with Crippen LogP contribution in [0.4, 0.5) is 0 Å². The molecule has 1 atom stereocenters. The van der Waals surface area contributed by atoms with Gasteiger partial charge in [0, 0.05) is 34.0 Å². The topological polar surface area (TPSA) is 69.2 Å². The van der Waals surface area contributed by atoms with Crippen LogP contribution >= 0.6 is 15.9 Å². The summed E-state index contributed by atoms with van der Waals surface area (Å²) in [4.78, 5) is 30.3. The highest BCUT2D eigenvalue weighted by Crippen LogP contribution is 2.25. The normalized spacial score (nSPS) is 12.8. The van der Waals surface area contributed by atoms with E-state index < -0.39 is 0 Å². The van der Waals surface area contributed by atoms with Crippen molar-refractivity contribution in [1.29, 1.82) is 0 Å². The molecule has 2 aromatic heterocycles. The lowest BCUT2D eigenvalue weighted by Crippen LogP contribution is -2.23. The van der Waals surface area contributed by atoms with Gasteiger partial charge in [-0.05, 0) is 37.6 Å². The Bertz CT molecular complexity index is 1410. The second-order valence-corrected chi connectivity index (χ2v) is 8.59. The van der Waals surface area contributed by atoms with E-state index >= 15 is 0 Å². The number of carbonyl (C=O) groups excluding carboxylic acids is 1. The number of benzene rings is 2. The predicted octanol–water partition coefficient (Wildman–Crippen LogP) is 5.48. The van der Waals surface area contributed by atoms with E-state index in [1.165, 1.54) is 11.6 Å². The van der Waals surface area contributed by atoms with Crippen LogP contribution in [0.1, 0.15) is 55.0 Å². The summed E-state index contributed by atoms with van der Waals surface area (Å²) >= 11 is 3.43. The van der Waals surface area contributed by atoms with Crippen LogP contribution in [0.2, 0.25) is 0 Å². The molecule has 0 bridgehead atoms. The Kier molecular flexibility index (Phi) is 5.62. The first kappa shape index (κ1) is 21.2. The summed E-state index contributed by atoms with van der Waals surface area (Å²) in [5, 5.41) is 6.00. The summed E-state index contributed by atoms with van der Waals surface area (Å²) in [7, 11) is 0. The fourth-order valence-corrected chi connectivity index (χ4v) is 4.22. The summed E-state index contributed by atoms with van der Waals surface area (Å²) in [5.74, 6) is 0.604. The van der Waals surface area contributed by atoms with Crippen LogP contribution in [0.15, 0.2) is 56.8 Å². The zero-order valence-electron chi connectivity index (χ0n) is 17.9. The number of aromatic nitrogens is 3. The number of carbonyl (C=O) groups is 1. The molecule has 158 valence electrons. The Morgan fingerprint density at radius 2 is 1.97 bits per heavy atom. The highest BCUT2D eigenvalue weighted by molar-refractivity contribution is 9.10. The van der Waals surface area contributed by atoms with E-state index in [1.54, 1.807) is 16.8 Å². The van der Waals surface area contributed by atoms with Gasteiger partial charge in [-0.2, -0.15) is 9.78 Å². The maximum Gasteiger partial charge on any atom is 0.282 e. The van der Waals surface area contributed by atoms with Gasteiger partial charge in [0.2, 0.25) is 5.91 Å². The Balaban J connectivity index is 1.97. The number of hydrogen-bond acceptors (Lipinski definition) is 4. The monoisotopic (exact) mass is 478 g/mol. The minimum Gasteiger partial charge on any atom is -0.284 e. The minimum atomic E-state index is -0.217. The minimum absolute atomic E-state index is 0.0533. The largest absolute Gasteiger partial charge is 0.284 e. The number of halogens is 1. The lowest BCUT2D eigenvalue weighted by atomic mass is 10.1. The highest BCUT2D eigenvalue weighted by Gasteiger charge is 2.18. The Labute approximate surface area is 188 Å². The van der Waals surface area contributed by atoms with Crippen LogP contribution in [0.5, 0.6) is 0 Å². The fraction of sp³-hybridized carbons (Fsp3) is 0.250. The molecule has 4 aromatic rings. The van der Waals surface area contributed by atoms with Crippen molar-refractivity contribution in [2.45, 2.75) is 40.0 Å². The van der Waals surface area contributed by atoms with Crippen LogP contribution in [-0.4, -0.2) is 26.3 Å². The summed E-state index contributed by atoms with van der Waals surface area (Å²) in [6.45, 7) is 7.51. The number of rotatable bonds is 4. The summed E-state index contributed by atoms with van der Waals surface area (Å²) in [6, 6.07) is 13.2. The third kappa shape index (κ3) is 3.63. The SMILES string of the molecule is CC[C@@H](C)c1nc2ccc(Br)cc2c(=O)n1N=Cc1c(C)n(C(C)=O)c2ccccc12. The maximum absolute atomic E-state index is 13.3. The van der Waals surface area contributed by atoms with Crippen molar-refractivity contribution in [1.82, 2.24) is 14.2 Å². The lowest BCUT2D eigenvalue weighted by Gasteiger charge is -2.14. The Morgan fingerprint density at radius 3 is 2.68 bits per heavy atom. The molecule has 0 aliphatic heterocycles. The zero-order chi connectivity index (χ0) is 22.3. The first-order valence-corrected chi connectivity index (χ1v) is 11.0. The standard InChI is InChI=1S/C24H23BrN4O2/c1-5-14(2)23-27-21-11-10-17(25)12-19(21)24(31)29(23)26-13-20-15(3)28(16(4)30)22-9-7-6-8-18(20)22/h6-14H,5H2,1-4H3/t14-/m1/s1. The third-order valence-electron chi connectivity index (χ3n) is 5.66. The van der Waals surface area contributed by atoms with Crippen molar-refractivity contribution in [2.24, 2.45) is 5.10 Å². The number of nitrogens with zero attached hydrogens (tertiary/aromatic N) is 4. The lowest BCUT2D eigenvalue weighted by molar-refractivity contribution is 0.0939. The van der Waals surface area contributed by atoms with E-state index in [2.05, 4.69) is 28.0 Å². The van der Waals surface area contributed by atoms with E-state index in [-0.39, 0.29) is 17.4 Å². The van der Waals surface area contributed by atoms with E-state index in [1.807, 2.05) is 50.2 Å². The molecule has 0 aliphatic carbocycles. The molecule has 2 heterocycles. The molecule has 4 rings (SSSR count). The van der Waals surface area contributed by atoms with Gasteiger partial charge in [0.15, 0.2) is 0 Å². The summed E-state index contributed by atoms with van der Waals surface area (Å²) in [5.41, 5.74) is 2.85. The van der Waals surface area contributed by atoms with E-state index in [9.17, 15) is 9.59 Å². The van der Waals surface area contributed by atoms with E-state index in [4.69, 9.17) is 4.98 Å². The van der Waals surface area contributed by atoms with E-state index in [0.29, 0.717) is 16.7 Å². The first-order valence-electron chi connectivity index (χ1n) is 10.2. The van der Waals surface area contributed by atoms with Crippen molar-refractivity contribution in [3.63, 3.8) is 0 Å². The molecule has 0 aliphatic rings. The van der Waals surface area contributed by atoms with Gasteiger partial charge in [-0.3, -0.25) is 14.2 Å². The summed E-state index contributed by atoms with van der Waals surface area (Å²) in [6.07, 6.45) is 2.49. The first-order chi connectivity index (χ1) is 14.8. The van der Waals surface area contributed by atoms with Crippen molar-refractivity contribution < 1.29 is 4.79 Å². The van der Waals surface area contributed by atoms with Crippen molar-refractivity contribution in [3.8, 4) is 0 Å². The van der Waals surface area contributed by atoms with Crippen LogP contribution in [0.25, 0.3) is 21.8 Å². The van der Waals surface area contributed by atoms with E-state index in [0.717, 1.165) is 33.1 Å². The average Bonchev–Trinajstić information content (AvgIpc) is 3.04. The van der Waals surface area contributed by atoms with Gasteiger partial charge in [-0.25, -0.2) is 4.98 Å². The number of hydrogen-bond donors (Lipinski definition) is 0. The molecule has 7 heteroatoms. The van der Waals surface area contributed by atoms with Crippen molar-refractivity contribution in [2.75, 3.05) is 0 Å². The molecule has 0 spiro atoms. The molecule has 6 nitrogen and oxygen atoms in total. The Hall–Kier alpha value is -3.06. The highest BCUT2D eigenvalue weighted by atomic mass is 79.9. The van der Waals surface area contributed by atoms with Gasteiger partial charge in [0.1, 0.15) is 5.82 Å². The van der Waals surface area contributed by atoms with Gasteiger partial charge in [-0.15, -0.1) is 0 Å². The van der Waals surface area contributed by atoms with Crippen molar-refractivity contribution >= 4 is 49.9 Å². The molecular weight excluding hydrogens is 456 g/mol. The van der Waals surface area contributed by atoms with Gasteiger partial charge in [0.25, 0.3) is 5.56 Å². The molecule has 0 fully saturated rings. The van der Waals surface area contributed by atoms with Gasteiger partial charge < -0.3 is 0 Å². The molecule has 0 saturated heterocycles. The van der Waals surface area contributed by atoms with Crippen LogP contribution in [0, 0.1) is 6.92 Å². The second kappa shape index (κ2) is 8.23. The molecule has 2 aromatic carbocycles. The zero-order valence-corrected chi connectivity index (χ0v) is 19.5. The van der Waals surface area contributed by atoms with Gasteiger partial charge in [0.05, 0.1) is 22.6 Å². The quantitative estimate of drug-likeness (QED) is 0.364. The molecular formula is C24H23BrN4O2. The molecule has 0 unspecified atom stereocenters. The third-order valence-corrected chi connectivity index (χ3v) is 6.16. The van der Waals surface area contributed by atoms with Crippen molar-refractivity contribution in [3.05, 3.63) is 74.4 Å². The predicted molar refractivity (Wildman–Crippen MR) is 128 cm³/mol. The van der Waals surface area contributed by atoms with Crippen LogP contribution in [-0.2, 0) is 0 Å². The van der Waals surface area contributed by atoms with Gasteiger partial charge >= 0.3 is 0 Å².